The Hall–Kier alpha value is -1.55. The van der Waals surface area contributed by atoms with Crippen molar-refractivity contribution in [2.75, 3.05) is 19.7 Å². The summed E-state index contributed by atoms with van der Waals surface area (Å²) in [4.78, 5) is 4.63. The van der Waals surface area contributed by atoms with E-state index >= 15 is 0 Å². The topological polar surface area (TPSA) is 45.7 Å². The van der Waals surface area contributed by atoms with E-state index < -0.39 is 0 Å². The van der Waals surface area contributed by atoms with Gasteiger partial charge in [0, 0.05) is 19.7 Å². The molecule has 2 N–H and O–H groups in total. The fraction of sp³-hybridized carbons (Fsp3) is 0.611. The molecular weight excluding hydrogens is 274 g/mol. The highest BCUT2D eigenvalue weighted by molar-refractivity contribution is 5.79. The molecule has 4 nitrogen and oxygen atoms in total. The second-order valence-electron chi connectivity index (χ2n) is 5.63. The summed E-state index contributed by atoms with van der Waals surface area (Å²) in [5.74, 6) is 1.40. The molecule has 0 aromatic heterocycles. The SMILES string of the molecule is CCNC(=NCc1ccccc1)NCCC(OCC)C(C)C. The third-order valence-corrected chi connectivity index (χ3v) is 3.45. The van der Waals surface area contributed by atoms with Crippen molar-refractivity contribution in [3.63, 3.8) is 0 Å². The molecule has 1 aromatic carbocycles. The zero-order valence-electron chi connectivity index (χ0n) is 14.4. The summed E-state index contributed by atoms with van der Waals surface area (Å²) < 4.78 is 5.77. The van der Waals surface area contributed by atoms with E-state index in [1.165, 1.54) is 5.56 Å². The first-order chi connectivity index (χ1) is 10.7. The van der Waals surface area contributed by atoms with Crippen LogP contribution in [0, 0.1) is 5.92 Å². The van der Waals surface area contributed by atoms with Crippen LogP contribution in [-0.4, -0.2) is 31.8 Å². The first kappa shape index (κ1) is 18.5. The van der Waals surface area contributed by atoms with E-state index in [1.807, 2.05) is 25.1 Å². The monoisotopic (exact) mass is 305 g/mol. The molecule has 124 valence electrons. The van der Waals surface area contributed by atoms with Gasteiger partial charge in [0.2, 0.25) is 0 Å². The Morgan fingerprint density at radius 2 is 1.86 bits per heavy atom. The number of rotatable bonds is 9. The number of guanidine groups is 1. The second kappa shape index (κ2) is 11.1. The molecule has 0 aliphatic heterocycles. The molecule has 0 spiro atoms. The smallest absolute Gasteiger partial charge is 0.191 e. The number of nitrogens with one attached hydrogen (secondary N) is 2. The van der Waals surface area contributed by atoms with Gasteiger partial charge in [0.1, 0.15) is 0 Å². The summed E-state index contributed by atoms with van der Waals surface area (Å²) in [7, 11) is 0. The van der Waals surface area contributed by atoms with E-state index in [2.05, 4.69) is 48.5 Å². The van der Waals surface area contributed by atoms with Crippen molar-refractivity contribution in [1.82, 2.24) is 10.6 Å². The summed E-state index contributed by atoms with van der Waals surface area (Å²) in [5, 5.41) is 6.68. The van der Waals surface area contributed by atoms with Gasteiger partial charge >= 0.3 is 0 Å². The number of hydrogen-bond donors (Lipinski definition) is 2. The van der Waals surface area contributed by atoms with Crippen molar-refractivity contribution in [2.45, 2.75) is 46.8 Å². The molecule has 0 bridgehead atoms. The van der Waals surface area contributed by atoms with Crippen molar-refractivity contribution in [2.24, 2.45) is 10.9 Å². The summed E-state index contributed by atoms with van der Waals surface area (Å²) in [6, 6.07) is 10.3. The largest absolute Gasteiger partial charge is 0.378 e. The van der Waals surface area contributed by atoms with Crippen molar-refractivity contribution < 1.29 is 4.74 Å². The van der Waals surface area contributed by atoms with Crippen LogP contribution in [0.3, 0.4) is 0 Å². The van der Waals surface area contributed by atoms with Crippen LogP contribution >= 0.6 is 0 Å². The third-order valence-electron chi connectivity index (χ3n) is 3.45. The number of aliphatic imine (C=N–C) groups is 1. The molecule has 0 saturated heterocycles. The summed E-state index contributed by atoms with van der Waals surface area (Å²) in [5.41, 5.74) is 1.22. The fourth-order valence-corrected chi connectivity index (χ4v) is 2.25. The lowest BCUT2D eigenvalue weighted by Crippen LogP contribution is -2.39. The maximum absolute atomic E-state index is 5.77. The average molecular weight is 305 g/mol. The van der Waals surface area contributed by atoms with E-state index in [-0.39, 0.29) is 0 Å². The highest BCUT2D eigenvalue weighted by atomic mass is 16.5. The fourth-order valence-electron chi connectivity index (χ4n) is 2.25. The third kappa shape index (κ3) is 7.46. The number of ether oxygens (including phenoxy) is 1. The highest BCUT2D eigenvalue weighted by Crippen LogP contribution is 2.09. The van der Waals surface area contributed by atoms with Gasteiger partial charge in [-0.1, -0.05) is 44.2 Å². The second-order valence-corrected chi connectivity index (χ2v) is 5.63. The van der Waals surface area contributed by atoms with Crippen molar-refractivity contribution >= 4 is 5.96 Å². The van der Waals surface area contributed by atoms with Crippen molar-refractivity contribution in [1.29, 1.82) is 0 Å². The number of hydrogen-bond acceptors (Lipinski definition) is 2. The first-order valence-corrected chi connectivity index (χ1v) is 8.35. The molecule has 0 saturated carbocycles. The van der Waals surface area contributed by atoms with Crippen LogP contribution in [0.25, 0.3) is 0 Å². The normalized spacial score (nSPS) is 13.2. The van der Waals surface area contributed by atoms with Gasteiger partial charge in [-0.15, -0.1) is 0 Å². The molecule has 0 heterocycles. The van der Waals surface area contributed by atoms with Crippen LogP contribution in [0.1, 0.15) is 39.7 Å². The van der Waals surface area contributed by atoms with Gasteiger partial charge in [0.15, 0.2) is 5.96 Å². The lowest BCUT2D eigenvalue weighted by molar-refractivity contribution is 0.0258. The predicted molar refractivity (Wildman–Crippen MR) is 94.1 cm³/mol. The van der Waals surface area contributed by atoms with Gasteiger partial charge in [0.05, 0.1) is 12.6 Å². The van der Waals surface area contributed by atoms with Crippen LogP contribution in [0.4, 0.5) is 0 Å². The average Bonchev–Trinajstić information content (AvgIpc) is 2.52. The minimum Gasteiger partial charge on any atom is -0.378 e. The van der Waals surface area contributed by atoms with E-state index in [4.69, 9.17) is 4.74 Å². The first-order valence-electron chi connectivity index (χ1n) is 8.35. The van der Waals surface area contributed by atoms with Gasteiger partial charge in [-0.25, -0.2) is 4.99 Å². The van der Waals surface area contributed by atoms with Gasteiger partial charge in [-0.2, -0.15) is 0 Å². The molecule has 1 unspecified atom stereocenters. The molecule has 0 aliphatic rings. The quantitative estimate of drug-likeness (QED) is 0.544. The van der Waals surface area contributed by atoms with Gasteiger partial charge in [-0.05, 0) is 31.7 Å². The molecule has 0 fully saturated rings. The molecular formula is C18H31N3O. The molecule has 0 amide bonds. The molecule has 0 radical (unpaired) electrons. The zero-order chi connectivity index (χ0) is 16.2. The standard InChI is InChI=1S/C18H31N3O/c1-5-19-18(21-14-16-10-8-7-9-11-16)20-13-12-17(15(3)4)22-6-2/h7-11,15,17H,5-6,12-14H2,1-4H3,(H2,19,20,21). The van der Waals surface area contributed by atoms with Crippen LogP contribution in [-0.2, 0) is 11.3 Å². The summed E-state index contributed by atoms with van der Waals surface area (Å²) in [6.07, 6.45) is 1.29. The minimum absolute atomic E-state index is 0.300. The molecule has 4 heteroatoms. The van der Waals surface area contributed by atoms with Gasteiger partial charge in [0.25, 0.3) is 0 Å². The van der Waals surface area contributed by atoms with Crippen LogP contribution in [0.5, 0.6) is 0 Å². The Labute approximate surface area is 135 Å². The van der Waals surface area contributed by atoms with Gasteiger partial charge in [-0.3, -0.25) is 0 Å². The maximum atomic E-state index is 5.77. The molecule has 1 rings (SSSR count). The lowest BCUT2D eigenvalue weighted by atomic mass is 10.0. The van der Waals surface area contributed by atoms with E-state index in [1.54, 1.807) is 0 Å². The van der Waals surface area contributed by atoms with Crippen LogP contribution in [0.15, 0.2) is 35.3 Å². The molecule has 1 atom stereocenters. The molecule has 0 aliphatic carbocycles. The Kier molecular flexibility index (Phi) is 9.31. The van der Waals surface area contributed by atoms with Crippen molar-refractivity contribution in [3.05, 3.63) is 35.9 Å². The van der Waals surface area contributed by atoms with Crippen LogP contribution < -0.4 is 10.6 Å². The predicted octanol–water partition coefficient (Wildman–Crippen LogP) is 3.19. The molecule has 22 heavy (non-hydrogen) atoms. The maximum Gasteiger partial charge on any atom is 0.191 e. The Bertz CT molecular complexity index is 418. The highest BCUT2D eigenvalue weighted by Gasteiger charge is 2.12. The zero-order valence-corrected chi connectivity index (χ0v) is 14.4. The number of nitrogens with zero attached hydrogens (tertiary/aromatic N) is 1. The summed E-state index contributed by atoms with van der Waals surface area (Å²) in [6.45, 7) is 11.7. The number of benzene rings is 1. The van der Waals surface area contributed by atoms with Gasteiger partial charge < -0.3 is 15.4 Å². The Balaban J connectivity index is 2.46. The van der Waals surface area contributed by atoms with E-state index in [0.717, 1.165) is 32.1 Å². The van der Waals surface area contributed by atoms with E-state index in [0.29, 0.717) is 18.6 Å². The van der Waals surface area contributed by atoms with Crippen LogP contribution in [0.2, 0.25) is 0 Å². The molecule has 1 aromatic rings. The minimum atomic E-state index is 0.300. The summed E-state index contributed by atoms with van der Waals surface area (Å²) >= 11 is 0. The Morgan fingerprint density at radius 1 is 1.14 bits per heavy atom. The van der Waals surface area contributed by atoms with Crippen molar-refractivity contribution in [3.8, 4) is 0 Å². The van der Waals surface area contributed by atoms with E-state index in [9.17, 15) is 0 Å². The Morgan fingerprint density at radius 3 is 2.45 bits per heavy atom. The lowest BCUT2D eigenvalue weighted by Gasteiger charge is -2.21.